The molecule has 128 valence electrons. The average Bonchev–Trinajstić information content (AvgIpc) is 2.44. The predicted octanol–water partition coefficient (Wildman–Crippen LogP) is -0.0204. The lowest BCUT2D eigenvalue weighted by molar-refractivity contribution is -0.153. The summed E-state index contributed by atoms with van der Waals surface area (Å²) in [6.45, 7) is 0.756. The summed E-state index contributed by atoms with van der Waals surface area (Å²) in [6.07, 6.45) is -1.70. The van der Waals surface area contributed by atoms with Gasteiger partial charge in [0, 0.05) is 14.1 Å². The number of carbonyl (C=O) groups is 4. The summed E-state index contributed by atoms with van der Waals surface area (Å²) in [5.41, 5.74) is 0. The molecule has 0 bridgehead atoms. The third-order valence-corrected chi connectivity index (χ3v) is 2.22. The van der Waals surface area contributed by atoms with Gasteiger partial charge in [0.05, 0.1) is 12.8 Å². The van der Waals surface area contributed by atoms with Crippen molar-refractivity contribution < 1.29 is 33.4 Å². The lowest BCUT2D eigenvalue weighted by Gasteiger charge is -2.12. The van der Waals surface area contributed by atoms with Crippen LogP contribution in [0.25, 0.3) is 0 Å². The van der Waals surface area contributed by atoms with E-state index in [9.17, 15) is 19.2 Å². The minimum absolute atomic E-state index is 0. The number of amides is 2. The molecule has 22 heavy (non-hydrogen) atoms. The molecule has 1 atom stereocenters. The molecule has 0 aromatic carbocycles. The Balaban J connectivity index is 0. The lowest BCUT2D eigenvalue weighted by atomic mass is 10.3. The fourth-order valence-corrected chi connectivity index (χ4v) is 1.17. The molecule has 0 saturated carbocycles. The number of rotatable bonds is 8. The Morgan fingerprint density at radius 3 is 2.14 bits per heavy atom. The van der Waals surface area contributed by atoms with E-state index in [0.717, 1.165) is 0 Å². The van der Waals surface area contributed by atoms with Gasteiger partial charge >= 0.3 is 12.1 Å². The number of hydrogen-bond donors (Lipinski definition) is 2. The molecule has 0 aromatic rings. The van der Waals surface area contributed by atoms with Gasteiger partial charge in [-0.05, 0) is 6.92 Å². The molecule has 2 amide bonds. The third-order valence-electron chi connectivity index (χ3n) is 2.22. The summed E-state index contributed by atoms with van der Waals surface area (Å²) in [6, 6.07) is 0. The Hall–Kier alpha value is -2.32. The molecule has 0 aliphatic heterocycles. The molecular weight excluding hydrogens is 296 g/mol. The van der Waals surface area contributed by atoms with Crippen LogP contribution >= 0.6 is 0 Å². The fourth-order valence-electron chi connectivity index (χ4n) is 1.17. The molecule has 0 aliphatic rings. The van der Waals surface area contributed by atoms with Crippen LogP contribution < -0.4 is 10.6 Å². The minimum atomic E-state index is -1.07. The quantitative estimate of drug-likeness (QED) is 0.603. The van der Waals surface area contributed by atoms with E-state index in [2.05, 4.69) is 20.1 Å². The summed E-state index contributed by atoms with van der Waals surface area (Å²) < 4.78 is 13.9. The maximum atomic E-state index is 11.3. The highest BCUT2D eigenvalue weighted by atomic mass is 16.7. The first kappa shape index (κ1) is 22.0. The number of ether oxygens (including phenoxy) is 3. The molecule has 1 unspecified atom stereocenters. The molecule has 0 saturated heterocycles. The Bertz CT molecular complexity index is 385. The standard InChI is InChI=1S/C12H20N2O7.CH4/c1-8(6-10(16)14-3)21-11(17)7-20-12(18)19-5-4-9(15)13-2;/h8H,4-7H2,1-3H3,(H,13,15)(H,14,16);1H4. The van der Waals surface area contributed by atoms with Crippen LogP contribution in [0.3, 0.4) is 0 Å². The van der Waals surface area contributed by atoms with Gasteiger partial charge in [-0.1, -0.05) is 7.43 Å². The van der Waals surface area contributed by atoms with Gasteiger partial charge in [0.2, 0.25) is 11.8 Å². The fraction of sp³-hybridized carbons (Fsp3) is 0.692. The maximum absolute atomic E-state index is 11.3. The van der Waals surface area contributed by atoms with Gasteiger partial charge in [-0.3, -0.25) is 9.59 Å². The summed E-state index contributed by atoms with van der Waals surface area (Å²) in [5, 5.41) is 4.74. The molecule has 0 radical (unpaired) electrons. The van der Waals surface area contributed by atoms with Crippen LogP contribution in [-0.4, -0.2) is 57.4 Å². The van der Waals surface area contributed by atoms with E-state index in [-0.39, 0.29) is 38.7 Å². The van der Waals surface area contributed by atoms with Crippen LogP contribution in [0.4, 0.5) is 4.79 Å². The normalized spacial score (nSPS) is 10.5. The zero-order valence-electron chi connectivity index (χ0n) is 12.3. The van der Waals surface area contributed by atoms with E-state index in [1.165, 1.54) is 21.0 Å². The molecular formula is C13H24N2O7. The molecule has 2 N–H and O–H groups in total. The van der Waals surface area contributed by atoms with Crippen molar-refractivity contribution in [1.82, 2.24) is 10.6 Å². The van der Waals surface area contributed by atoms with E-state index < -0.39 is 24.8 Å². The van der Waals surface area contributed by atoms with Gasteiger partial charge in [0.25, 0.3) is 0 Å². The molecule has 0 fully saturated rings. The molecule has 0 spiro atoms. The van der Waals surface area contributed by atoms with Crippen molar-refractivity contribution in [2.45, 2.75) is 33.3 Å². The number of esters is 1. The van der Waals surface area contributed by atoms with Gasteiger partial charge < -0.3 is 24.8 Å². The molecule has 9 nitrogen and oxygen atoms in total. The first-order chi connectivity index (χ1) is 9.88. The predicted molar refractivity (Wildman–Crippen MR) is 77.0 cm³/mol. The van der Waals surface area contributed by atoms with E-state index >= 15 is 0 Å². The summed E-state index contributed by atoms with van der Waals surface area (Å²) in [5.74, 6) is -1.36. The van der Waals surface area contributed by atoms with Crippen LogP contribution in [0.1, 0.15) is 27.2 Å². The van der Waals surface area contributed by atoms with Crippen LogP contribution in [0, 0.1) is 0 Å². The zero-order chi connectivity index (χ0) is 16.3. The number of hydrogen-bond acceptors (Lipinski definition) is 7. The van der Waals surface area contributed by atoms with Crippen LogP contribution in [0.2, 0.25) is 0 Å². The topological polar surface area (TPSA) is 120 Å². The van der Waals surface area contributed by atoms with E-state index in [4.69, 9.17) is 4.74 Å². The second-order valence-electron chi connectivity index (χ2n) is 3.99. The molecule has 9 heteroatoms. The maximum Gasteiger partial charge on any atom is 0.508 e. The highest BCUT2D eigenvalue weighted by Gasteiger charge is 2.15. The van der Waals surface area contributed by atoms with Gasteiger partial charge in [0.15, 0.2) is 6.61 Å². The first-order valence-electron chi connectivity index (χ1n) is 6.29. The lowest BCUT2D eigenvalue weighted by Crippen LogP contribution is -2.27. The van der Waals surface area contributed by atoms with Gasteiger partial charge in [-0.2, -0.15) is 0 Å². The SMILES string of the molecule is C.CNC(=O)CCOC(=O)OCC(=O)OC(C)CC(=O)NC. The van der Waals surface area contributed by atoms with Crippen molar-refractivity contribution in [1.29, 1.82) is 0 Å². The Kier molecular flexibility index (Phi) is 12.4. The molecule has 0 aliphatic carbocycles. The van der Waals surface area contributed by atoms with Crippen molar-refractivity contribution in [3.05, 3.63) is 0 Å². The van der Waals surface area contributed by atoms with Crippen molar-refractivity contribution in [2.24, 2.45) is 0 Å². The number of nitrogens with one attached hydrogen (secondary N) is 2. The highest BCUT2D eigenvalue weighted by molar-refractivity contribution is 5.78. The molecule has 0 heterocycles. The van der Waals surface area contributed by atoms with Gasteiger partial charge in [0.1, 0.15) is 12.7 Å². The third kappa shape index (κ3) is 11.5. The van der Waals surface area contributed by atoms with E-state index in [0.29, 0.717) is 0 Å². The zero-order valence-corrected chi connectivity index (χ0v) is 12.3. The molecule has 0 rings (SSSR count). The molecule has 0 aromatic heterocycles. The summed E-state index contributed by atoms with van der Waals surface area (Å²) in [4.78, 5) is 44.3. The smallest absolute Gasteiger partial charge is 0.460 e. The van der Waals surface area contributed by atoms with Crippen LogP contribution in [0.5, 0.6) is 0 Å². The first-order valence-corrected chi connectivity index (χ1v) is 6.29. The van der Waals surface area contributed by atoms with Crippen LogP contribution in [-0.2, 0) is 28.6 Å². The minimum Gasteiger partial charge on any atom is -0.460 e. The van der Waals surface area contributed by atoms with Crippen LogP contribution in [0.15, 0.2) is 0 Å². The monoisotopic (exact) mass is 320 g/mol. The summed E-state index contributed by atoms with van der Waals surface area (Å²) >= 11 is 0. The van der Waals surface area contributed by atoms with Crippen molar-refractivity contribution in [3.63, 3.8) is 0 Å². The van der Waals surface area contributed by atoms with Crippen molar-refractivity contribution >= 4 is 23.9 Å². The Morgan fingerprint density at radius 1 is 1.00 bits per heavy atom. The van der Waals surface area contributed by atoms with E-state index in [1.807, 2.05) is 0 Å². The van der Waals surface area contributed by atoms with Crippen molar-refractivity contribution in [3.8, 4) is 0 Å². The Morgan fingerprint density at radius 2 is 1.59 bits per heavy atom. The van der Waals surface area contributed by atoms with Gasteiger partial charge in [-0.25, -0.2) is 9.59 Å². The van der Waals surface area contributed by atoms with Crippen molar-refractivity contribution in [2.75, 3.05) is 27.3 Å². The Labute approximate surface area is 129 Å². The average molecular weight is 320 g/mol. The second-order valence-corrected chi connectivity index (χ2v) is 3.99. The summed E-state index contributed by atoms with van der Waals surface area (Å²) in [7, 11) is 2.92. The highest BCUT2D eigenvalue weighted by Crippen LogP contribution is 1.99. The van der Waals surface area contributed by atoms with E-state index in [1.54, 1.807) is 0 Å². The van der Waals surface area contributed by atoms with Gasteiger partial charge in [-0.15, -0.1) is 0 Å². The second kappa shape index (κ2) is 12.4. The number of carbonyl (C=O) groups excluding carboxylic acids is 4. The largest absolute Gasteiger partial charge is 0.508 e.